The maximum absolute atomic E-state index is 12.4. The minimum atomic E-state index is 0.0709. The summed E-state index contributed by atoms with van der Waals surface area (Å²) in [6.45, 7) is 1.14. The average molecular weight is 282 g/mol. The van der Waals surface area contributed by atoms with Crippen LogP contribution >= 0.6 is 0 Å². The lowest BCUT2D eigenvalue weighted by Gasteiger charge is -2.39. The summed E-state index contributed by atoms with van der Waals surface area (Å²) in [5.74, 6) is 2.13. The van der Waals surface area contributed by atoms with E-state index in [1.807, 2.05) is 0 Å². The van der Waals surface area contributed by atoms with Gasteiger partial charge >= 0.3 is 0 Å². The van der Waals surface area contributed by atoms with Crippen LogP contribution in [0.2, 0.25) is 0 Å². The predicted molar refractivity (Wildman–Crippen MR) is 80.3 cm³/mol. The maximum Gasteiger partial charge on any atom is 0.223 e. The number of nitrogens with two attached hydrogens (primary N) is 1. The highest BCUT2D eigenvalue weighted by molar-refractivity contribution is 5.79. The fraction of sp³-hybridized carbons (Fsp3) is 0.938. The van der Waals surface area contributed by atoms with Gasteiger partial charge in [0.25, 0.3) is 0 Å². The molecule has 0 aromatic carbocycles. The van der Waals surface area contributed by atoms with E-state index in [1.165, 1.54) is 32.1 Å². The molecule has 2 fully saturated rings. The summed E-state index contributed by atoms with van der Waals surface area (Å²) in [6.07, 6.45) is 9.66. The first-order chi connectivity index (χ1) is 9.74. The van der Waals surface area contributed by atoms with Crippen LogP contribution < -0.4 is 11.1 Å². The molecule has 2 saturated carbocycles. The Labute approximate surface area is 122 Å². The Morgan fingerprint density at radius 2 is 2.00 bits per heavy atom. The van der Waals surface area contributed by atoms with Crippen LogP contribution in [0.3, 0.4) is 0 Å². The molecule has 0 aromatic heterocycles. The summed E-state index contributed by atoms with van der Waals surface area (Å²) in [5, 5.41) is 3.14. The third-order valence-corrected chi connectivity index (χ3v) is 5.14. The Kier molecular flexibility index (Phi) is 6.30. The minimum Gasteiger partial charge on any atom is -0.383 e. The summed E-state index contributed by atoms with van der Waals surface area (Å²) < 4.78 is 5.16. The van der Waals surface area contributed by atoms with Crippen LogP contribution in [-0.2, 0) is 9.53 Å². The van der Waals surface area contributed by atoms with Gasteiger partial charge in [-0.1, -0.05) is 25.7 Å². The zero-order valence-corrected chi connectivity index (χ0v) is 12.8. The van der Waals surface area contributed by atoms with Crippen molar-refractivity contribution < 1.29 is 9.53 Å². The second-order valence-corrected chi connectivity index (χ2v) is 6.55. The van der Waals surface area contributed by atoms with Gasteiger partial charge < -0.3 is 15.8 Å². The van der Waals surface area contributed by atoms with Crippen LogP contribution in [0.15, 0.2) is 0 Å². The molecule has 4 unspecified atom stereocenters. The first-order valence-electron chi connectivity index (χ1n) is 8.24. The van der Waals surface area contributed by atoms with Crippen molar-refractivity contribution >= 4 is 5.91 Å². The summed E-state index contributed by atoms with van der Waals surface area (Å²) in [7, 11) is 1.67. The number of amides is 1. The fourth-order valence-corrected chi connectivity index (χ4v) is 4.03. The van der Waals surface area contributed by atoms with Crippen LogP contribution in [0.1, 0.15) is 51.4 Å². The average Bonchev–Trinajstić information content (AvgIpc) is 2.47. The second kappa shape index (κ2) is 7.99. The molecule has 0 saturated heterocycles. The molecule has 0 spiro atoms. The Morgan fingerprint density at radius 3 is 2.70 bits per heavy atom. The largest absolute Gasteiger partial charge is 0.383 e. The smallest absolute Gasteiger partial charge is 0.223 e. The van der Waals surface area contributed by atoms with Crippen molar-refractivity contribution in [1.29, 1.82) is 0 Å². The highest BCUT2D eigenvalue weighted by Crippen LogP contribution is 2.42. The number of methoxy groups -OCH3 is 1. The van der Waals surface area contributed by atoms with E-state index in [2.05, 4.69) is 5.32 Å². The van der Waals surface area contributed by atoms with Gasteiger partial charge in [-0.05, 0) is 44.1 Å². The van der Waals surface area contributed by atoms with E-state index < -0.39 is 0 Å². The molecule has 4 heteroatoms. The first kappa shape index (κ1) is 15.8. The van der Waals surface area contributed by atoms with Crippen molar-refractivity contribution in [3.63, 3.8) is 0 Å². The Hall–Kier alpha value is -0.610. The Bertz CT molecular complexity index is 303. The van der Waals surface area contributed by atoms with E-state index in [1.54, 1.807) is 7.11 Å². The number of nitrogens with one attached hydrogen (secondary N) is 1. The van der Waals surface area contributed by atoms with Gasteiger partial charge in [-0.25, -0.2) is 0 Å². The van der Waals surface area contributed by atoms with Crippen LogP contribution in [0.4, 0.5) is 0 Å². The number of hydrogen-bond acceptors (Lipinski definition) is 3. The molecule has 2 aliphatic carbocycles. The predicted octanol–water partition coefficient (Wildman–Crippen LogP) is 2.07. The molecule has 116 valence electrons. The molecule has 3 N–H and O–H groups in total. The van der Waals surface area contributed by atoms with Crippen molar-refractivity contribution in [3.05, 3.63) is 0 Å². The number of carbonyl (C=O) groups excluding carboxylic acids is 1. The molecule has 0 bridgehead atoms. The van der Waals surface area contributed by atoms with Crippen molar-refractivity contribution in [2.45, 2.75) is 57.4 Å². The Balaban J connectivity index is 1.82. The van der Waals surface area contributed by atoms with Gasteiger partial charge in [-0.3, -0.25) is 4.79 Å². The molecule has 1 amide bonds. The molecule has 2 rings (SSSR count). The van der Waals surface area contributed by atoms with Crippen molar-refractivity contribution in [3.8, 4) is 0 Å². The molecular formula is C16H30N2O2. The normalized spacial score (nSPS) is 31.4. The van der Waals surface area contributed by atoms with Crippen molar-refractivity contribution in [2.24, 2.45) is 23.5 Å². The molecule has 0 radical (unpaired) electrons. The molecule has 0 aromatic rings. The van der Waals surface area contributed by atoms with Crippen LogP contribution in [0.5, 0.6) is 0 Å². The maximum atomic E-state index is 12.4. The van der Waals surface area contributed by atoms with E-state index in [0.717, 1.165) is 31.1 Å². The molecule has 4 nitrogen and oxygen atoms in total. The highest BCUT2D eigenvalue weighted by Gasteiger charge is 2.35. The van der Waals surface area contributed by atoms with Gasteiger partial charge in [-0.2, -0.15) is 0 Å². The number of fused-ring (bicyclic) bond motifs is 1. The first-order valence-corrected chi connectivity index (χ1v) is 8.24. The van der Waals surface area contributed by atoms with E-state index >= 15 is 0 Å². The molecule has 20 heavy (non-hydrogen) atoms. The number of hydrogen-bond donors (Lipinski definition) is 2. The van der Waals surface area contributed by atoms with Gasteiger partial charge in [0, 0.05) is 13.0 Å². The van der Waals surface area contributed by atoms with Gasteiger partial charge in [0.1, 0.15) is 0 Å². The van der Waals surface area contributed by atoms with E-state index in [-0.39, 0.29) is 17.9 Å². The number of rotatable bonds is 6. The molecule has 4 atom stereocenters. The lowest BCUT2D eigenvalue weighted by atomic mass is 9.67. The molecule has 0 heterocycles. The summed E-state index contributed by atoms with van der Waals surface area (Å²) in [4.78, 5) is 12.4. The SMILES string of the molecule is COCC(CCN)NC(=O)C1CCC2CCCCC2C1. The fourth-order valence-electron chi connectivity index (χ4n) is 4.03. The standard InChI is InChI=1S/C16H30N2O2/c1-20-11-15(8-9-17)18-16(19)14-7-6-12-4-2-3-5-13(12)10-14/h12-15H,2-11,17H2,1H3,(H,18,19). The van der Waals surface area contributed by atoms with Gasteiger partial charge in [0.2, 0.25) is 5.91 Å². The molecular weight excluding hydrogens is 252 g/mol. The summed E-state index contributed by atoms with van der Waals surface area (Å²) >= 11 is 0. The van der Waals surface area contributed by atoms with Gasteiger partial charge in [0.05, 0.1) is 12.6 Å². The van der Waals surface area contributed by atoms with Crippen LogP contribution in [0.25, 0.3) is 0 Å². The third kappa shape index (κ3) is 4.19. The van der Waals surface area contributed by atoms with Crippen molar-refractivity contribution in [1.82, 2.24) is 5.32 Å². The number of ether oxygens (including phenoxy) is 1. The lowest BCUT2D eigenvalue weighted by molar-refractivity contribution is -0.128. The third-order valence-electron chi connectivity index (χ3n) is 5.14. The molecule has 0 aliphatic heterocycles. The minimum absolute atomic E-state index is 0.0709. The Morgan fingerprint density at radius 1 is 1.25 bits per heavy atom. The van der Waals surface area contributed by atoms with Crippen LogP contribution in [0, 0.1) is 17.8 Å². The van der Waals surface area contributed by atoms with E-state index in [4.69, 9.17) is 10.5 Å². The van der Waals surface area contributed by atoms with Crippen molar-refractivity contribution in [2.75, 3.05) is 20.3 Å². The van der Waals surface area contributed by atoms with Gasteiger partial charge in [-0.15, -0.1) is 0 Å². The summed E-state index contributed by atoms with van der Waals surface area (Å²) in [6, 6.07) is 0.0709. The monoisotopic (exact) mass is 282 g/mol. The van der Waals surface area contributed by atoms with E-state index in [0.29, 0.717) is 13.2 Å². The van der Waals surface area contributed by atoms with Crippen LogP contribution in [-0.4, -0.2) is 32.2 Å². The zero-order valence-electron chi connectivity index (χ0n) is 12.8. The van der Waals surface area contributed by atoms with E-state index in [9.17, 15) is 4.79 Å². The lowest BCUT2D eigenvalue weighted by Crippen LogP contribution is -2.44. The quantitative estimate of drug-likeness (QED) is 0.784. The molecule has 2 aliphatic rings. The second-order valence-electron chi connectivity index (χ2n) is 6.55. The summed E-state index contributed by atoms with van der Waals surface area (Å²) in [5.41, 5.74) is 5.59. The number of carbonyl (C=O) groups is 1. The topological polar surface area (TPSA) is 64.3 Å². The zero-order chi connectivity index (χ0) is 14.4. The van der Waals surface area contributed by atoms with Gasteiger partial charge in [0.15, 0.2) is 0 Å². The highest BCUT2D eigenvalue weighted by atomic mass is 16.5.